The van der Waals surface area contributed by atoms with E-state index in [0.29, 0.717) is 16.9 Å². The topological polar surface area (TPSA) is 131 Å². The number of urea groups is 1. The van der Waals surface area contributed by atoms with Crippen LogP contribution in [0.2, 0.25) is 0 Å². The minimum Gasteiger partial charge on any atom is -0.371 e. The number of rotatable bonds is 6. The van der Waals surface area contributed by atoms with Crippen LogP contribution in [-0.4, -0.2) is 30.0 Å². The van der Waals surface area contributed by atoms with E-state index >= 15 is 0 Å². The number of hydrogen-bond acceptors (Lipinski definition) is 5. The fourth-order valence-corrected chi connectivity index (χ4v) is 3.18. The molecule has 2 aromatic rings. The Labute approximate surface area is 161 Å². The van der Waals surface area contributed by atoms with Crippen molar-refractivity contribution >= 4 is 29.0 Å². The Morgan fingerprint density at radius 3 is 2.39 bits per heavy atom. The maximum Gasteiger partial charge on any atom is 0.316 e. The monoisotopic (exact) mass is 383 g/mol. The summed E-state index contributed by atoms with van der Waals surface area (Å²) < 4.78 is 0. The highest BCUT2D eigenvalue weighted by molar-refractivity contribution is 6.00. The number of hydrogen-bond donors (Lipinski definition) is 3. The first kappa shape index (κ1) is 19.2. The number of primary amides is 1. The van der Waals surface area contributed by atoms with Crippen molar-refractivity contribution in [3.63, 3.8) is 0 Å². The average Bonchev–Trinajstić information content (AvgIpc) is 3.21. The van der Waals surface area contributed by atoms with Crippen molar-refractivity contribution in [3.05, 3.63) is 63.7 Å². The summed E-state index contributed by atoms with van der Waals surface area (Å²) in [6.07, 6.45) is 2.06. The van der Waals surface area contributed by atoms with Crippen molar-refractivity contribution < 1.29 is 14.5 Å². The van der Waals surface area contributed by atoms with Crippen LogP contribution in [0.15, 0.2) is 42.5 Å². The van der Waals surface area contributed by atoms with Gasteiger partial charge in [0.25, 0.3) is 11.6 Å². The number of anilines is 2. The van der Waals surface area contributed by atoms with Crippen molar-refractivity contribution in [2.75, 3.05) is 23.3 Å². The Hall–Kier alpha value is -3.62. The number of nitro benzene ring substituents is 1. The van der Waals surface area contributed by atoms with Crippen LogP contribution in [0.3, 0.4) is 0 Å². The van der Waals surface area contributed by atoms with E-state index < -0.39 is 11.0 Å². The number of nitrogens with zero attached hydrogens (tertiary/aromatic N) is 2. The molecule has 0 bridgehead atoms. The maximum atomic E-state index is 12.7. The van der Waals surface area contributed by atoms with Crippen molar-refractivity contribution in [1.82, 2.24) is 5.32 Å². The van der Waals surface area contributed by atoms with Crippen LogP contribution < -0.4 is 21.3 Å². The van der Waals surface area contributed by atoms with Gasteiger partial charge in [0, 0.05) is 37.5 Å². The second-order valence-electron chi connectivity index (χ2n) is 6.52. The zero-order valence-electron chi connectivity index (χ0n) is 15.2. The third kappa shape index (κ3) is 4.56. The van der Waals surface area contributed by atoms with Crippen LogP contribution in [0.1, 0.15) is 28.8 Å². The van der Waals surface area contributed by atoms with Gasteiger partial charge in [-0.3, -0.25) is 14.9 Å². The number of nitrogens with two attached hydrogens (primary N) is 1. The summed E-state index contributed by atoms with van der Waals surface area (Å²) in [4.78, 5) is 36.3. The Morgan fingerprint density at radius 2 is 1.79 bits per heavy atom. The highest BCUT2D eigenvalue weighted by atomic mass is 16.6. The van der Waals surface area contributed by atoms with E-state index in [1.807, 2.05) is 0 Å². The molecule has 1 heterocycles. The molecule has 2 aromatic carbocycles. The zero-order chi connectivity index (χ0) is 20.1. The number of benzene rings is 2. The molecule has 1 fully saturated rings. The highest BCUT2D eigenvalue weighted by Crippen LogP contribution is 2.28. The summed E-state index contributed by atoms with van der Waals surface area (Å²) in [6, 6.07) is 10.6. The van der Waals surface area contributed by atoms with Crippen molar-refractivity contribution in [2.24, 2.45) is 5.73 Å². The van der Waals surface area contributed by atoms with Gasteiger partial charge in [0.05, 0.1) is 16.2 Å². The SMILES string of the molecule is NC(=O)Nc1ccc(CNC(=O)c2cc([N+](=O)[O-])ccc2N2CCCC2)cc1. The molecule has 28 heavy (non-hydrogen) atoms. The Kier molecular flexibility index (Phi) is 5.73. The lowest BCUT2D eigenvalue weighted by Gasteiger charge is -2.21. The molecule has 4 N–H and O–H groups in total. The Morgan fingerprint density at radius 1 is 1.11 bits per heavy atom. The predicted molar refractivity (Wildman–Crippen MR) is 105 cm³/mol. The number of nitro groups is 1. The fourth-order valence-electron chi connectivity index (χ4n) is 3.18. The second-order valence-corrected chi connectivity index (χ2v) is 6.52. The number of amides is 3. The number of non-ortho nitro benzene ring substituents is 1. The van der Waals surface area contributed by atoms with Gasteiger partial charge in [-0.1, -0.05) is 12.1 Å². The first-order valence-corrected chi connectivity index (χ1v) is 8.91. The van der Waals surface area contributed by atoms with Crippen LogP contribution in [0, 0.1) is 10.1 Å². The molecule has 9 heteroatoms. The largest absolute Gasteiger partial charge is 0.371 e. The van der Waals surface area contributed by atoms with Crippen LogP contribution >= 0.6 is 0 Å². The van der Waals surface area contributed by atoms with Crippen LogP contribution in [0.4, 0.5) is 21.9 Å². The molecule has 0 aromatic heterocycles. The Balaban J connectivity index is 1.74. The first-order valence-electron chi connectivity index (χ1n) is 8.91. The normalized spacial score (nSPS) is 13.2. The summed E-state index contributed by atoms with van der Waals surface area (Å²) in [5, 5.41) is 16.4. The van der Waals surface area contributed by atoms with E-state index in [2.05, 4.69) is 15.5 Å². The molecule has 9 nitrogen and oxygen atoms in total. The molecule has 0 atom stereocenters. The molecule has 0 unspecified atom stereocenters. The predicted octanol–water partition coefficient (Wildman–Crippen LogP) is 2.62. The summed E-state index contributed by atoms with van der Waals surface area (Å²) in [5.74, 6) is -0.370. The summed E-state index contributed by atoms with van der Waals surface area (Å²) in [5.41, 5.74) is 7.32. The molecule has 1 saturated heterocycles. The van der Waals surface area contributed by atoms with Gasteiger partial charge < -0.3 is 21.3 Å². The summed E-state index contributed by atoms with van der Waals surface area (Å²) in [6.45, 7) is 1.90. The quantitative estimate of drug-likeness (QED) is 0.521. The zero-order valence-corrected chi connectivity index (χ0v) is 15.2. The highest BCUT2D eigenvalue weighted by Gasteiger charge is 2.22. The second kappa shape index (κ2) is 8.38. The third-order valence-corrected chi connectivity index (χ3v) is 4.56. The maximum absolute atomic E-state index is 12.7. The molecule has 146 valence electrons. The number of carbonyl (C=O) groups is 2. The van der Waals surface area contributed by atoms with E-state index in [-0.39, 0.29) is 18.1 Å². The molecule has 1 aliphatic heterocycles. The third-order valence-electron chi connectivity index (χ3n) is 4.56. The van der Waals surface area contributed by atoms with Gasteiger partial charge in [-0.05, 0) is 36.6 Å². The smallest absolute Gasteiger partial charge is 0.316 e. The van der Waals surface area contributed by atoms with E-state index in [0.717, 1.165) is 31.5 Å². The number of carbonyl (C=O) groups excluding carboxylic acids is 2. The summed E-state index contributed by atoms with van der Waals surface area (Å²) in [7, 11) is 0. The van der Waals surface area contributed by atoms with Gasteiger partial charge in [0.1, 0.15) is 0 Å². The van der Waals surface area contributed by atoms with E-state index in [9.17, 15) is 19.7 Å². The molecular weight excluding hydrogens is 362 g/mol. The van der Waals surface area contributed by atoms with Crippen LogP contribution in [0.5, 0.6) is 0 Å². The molecule has 0 radical (unpaired) electrons. The van der Waals surface area contributed by atoms with Gasteiger partial charge in [0.2, 0.25) is 0 Å². The van der Waals surface area contributed by atoms with E-state index in [1.54, 1.807) is 30.3 Å². The lowest BCUT2D eigenvalue weighted by atomic mass is 10.1. The molecular formula is C19H21N5O4. The lowest BCUT2D eigenvalue weighted by Crippen LogP contribution is -2.27. The number of nitrogens with one attached hydrogen (secondary N) is 2. The van der Waals surface area contributed by atoms with Gasteiger partial charge in [-0.15, -0.1) is 0 Å². The first-order chi connectivity index (χ1) is 13.4. The van der Waals surface area contributed by atoms with E-state index in [1.165, 1.54) is 12.1 Å². The molecule has 0 saturated carbocycles. The molecule has 0 spiro atoms. The van der Waals surface area contributed by atoms with Gasteiger partial charge in [-0.25, -0.2) is 4.79 Å². The standard InChI is InChI=1S/C19H21N5O4/c20-19(26)22-14-5-3-13(4-6-14)12-21-18(25)16-11-15(24(27)28)7-8-17(16)23-9-1-2-10-23/h3-8,11H,1-2,9-10,12H2,(H,21,25)(H3,20,22,26). The molecule has 0 aliphatic carbocycles. The van der Waals surface area contributed by atoms with Gasteiger partial charge in [-0.2, -0.15) is 0 Å². The fraction of sp³-hybridized carbons (Fsp3) is 0.263. The van der Waals surface area contributed by atoms with E-state index in [4.69, 9.17) is 5.73 Å². The van der Waals surface area contributed by atoms with Crippen LogP contribution in [-0.2, 0) is 6.54 Å². The molecule has 1 aliphatic rings. The lowest BCUT2D eigenvalue weighted by molar-refractivity contribution is -0.384. The Bertz CT molecular complexity index is 892. The summed E-state index contributed by atoms with van der Waals surface area (Å²) >= 11 is 0. The minimum atomic E-state index is -0.652. The van der Waals surface area contributed by atoms with Gasteiger partial charge in [0.15, 0.2) is 0 Å². The van der Waals surface area contributed by atoms with Crippen molar-refractivity contribution in [2.45, 2.75) is 19.4 Å². The van der Waals surface area contributed by atoms with Crippen molar-refractivity contribution in [3.8, 4) is 0 Å². The van der Waals surface area contributed by atoms with Gasteiger partial charge >= 0.3 is 6.03 Å². The molecule has 3 rings (SSSR count). The van der Waals surface area contributed by atoms with Crippen molar-refractivity contribution in [1.29, 1.82) is 0 Å². The molecule has 3 amide bonds. The minimum absolute atomic E-state index is 0.116. The van der Waals surface area contributed by atoms with Crippen LogP contribution in [0.25, 0.3) is 0 Å². The average molecular weight is 383 g/mol.